The van der Waals surface area contributed by atoms with Gasteiger partial charge in [-0.3, -0.25) is 9.69 Å². The average Bonchev–Trinajstić information content (AvgIpc) is 3.34. The normalized spacial score (nSPS) is 14.5. The fourth-order valence-electron chi connectivity index (χ4n) is 4.23. The Morgan fingerprint density at radius 3 is 2.62 bits per heavy atom. The van der Waals surface area contributed by atoms with E-state index in [1.54, 1.807) is 31.4 Å². The molecule has 3 aromatic carbocycles. The van der Waals surface area contributed by atoms with Crippen LogP contribution in [0.3, 0.4) is 0 Å². The van der Waals surface area contributed by atoms with Crippen LogP contribution in [0.4, 0.5) is 0 Å². The van der Waals surface area contributed by atoms with E-state index in [0.717, 1.165) is 22.6 Å². The standard InChI is InChI=1S/C26H21NO7/c1-29-20-4-2-3-5-22(20)34-24-13-30-26-17(25(24)28)7-9-19-18(26)12-27(14-31-19)11-16-6-8-21-23(10-16)33-15-32-21/h2-10,13H,11-12,14-15H2,1H3. The summed E-state index contributed by atoms with van der Waals surface area (Å²) in [7, 11) is 1.55. The zero-order valence-electron chi connectivity index (χ0n) is 18.4. The summed E-state index contributed by atoms with van der Waals surface area (Å²) in [5, 5.41) is 0.430. The predicted molar refractivity (Wildman–Crippen MR) is 123 cm³/mol. The van der Waals surface area contributed by atoms with Crippen molar-refractivity contribution in [2.45, 2.75) is 13.1 Å². The highest BCUT2D eigenvalue weighted by molar-refractivity contribution is 5.83. The van der Waals surface area contributed by atoms with Crippen LogP contribution < -0.4 is 29.1 Å². The molecule has 0 aliphatic carbocycles. The number of hydrogen-bond donors (Lipinski definition) is 0. The first-order valence-corrected chi connectivity index (χ1v) is 10.8. The molecule has 1 aromatic heterocycles. The monoisotopic (exact) mass is 459 g/mol. The molecule has 4 aromatic rings. The lowest BCUT2D eigenvalue weighted by molar-refractivity contribution is 0.0889. The van der Waals surface area contributed by atoms with Gasteiger partial charge in [0.15, 0.2) is 23.0 Å². The first kappa shape index (κ1) is 20.4. The minimum absolute atomic E-state index is 0.0888. The Balaban J connectivity index is 1.29. The Kier molecular flexibility index (Phi) is 5.00. The minimum Gasteiger partial charge on any atom is -0.493 e. The van der Waals surface area contributed by atoms with Crippen molar-refractivity contribution >= 4 is 11.0 Å². The molecule has 0 atom stereocenters. The lowest BCUT2D eigenvalue weighted by Crippen LogP contribution is -2.31. The summed E-state index contributed by atoms with van der Waals surface area (Å²) in [5.41, 5.74) is 2.13. The number of fused-ring (bicyclic) bond motifs is 4. The zero-order chi connectivity index (χ0) is 23.1. The highest BCUT2D eigenvalue weighted by Crippen LogP contribution is 2.36. The van der Waals surface area contributed by atoms with E-state index in [9.17, 15) is 4.79 Å². The lowest BCUT2D eigenvalue weighted by Gasteiger charge is -2.29. The topological polar surface area (TPSA) is 79.6 Å². The molecule has 8 nitrogen and oxygen atoms in total. The smallest absolute Gasteiger partial charge is 0.235 e. The van der Waals surface area contributed by atoms with Gasteiger partial charge in [-0.25, -0.2) is 0 Å². The van der Waals surface area contributed by atoms with Crippen molar-refractivity contribution in [1.82, 2.24) is 4.90 Å². The third-order valence-electron chi connectivity index (χ3n) is 5.89. The van der Waals surface area contributed by atoms with Gasteiger partial charge in [-0.2, -0.15) is 0 Å². The summed E-state index contributed by atoms with van der Waals surface area (Å²) < 4.78 is 33.9. The van der Waals surface area contributed by atoms with Gasteiger partial charge in [0, 0.05) is 13.1 Å². The first-order chi connectivity index (χ1) is 16.7. The van der Waals surface area contributed by atoms with Crippen molar-refractivity contribution in [3.8, 4) is 34.5 Å². The van der Waals surface area contributed by atoms with Crippen molar-refractivity contribution in [3.05, 3.63) is 82.2 Å². The molecule has 0 fully saturated rings. The molecule has 2 aliphatic rings. The molecule has 3 heterocycles. The van der Waals surface area contributed by atoms with Crippen LogP contribution in [0.1, 0.15) is 11.1 Å². The van der Waals surface area contributed by atoms with E-state index in [2.05, 4.69) is 4.90 Å². The van der Waals surface area contributed by atoms with Crippen LogP contribution in [0.2, 0.25) is 0 Å². The van der Waals surface area contributed by atoms with E-state index in [4.69, 9.17) is 28.1 Å². The second kappa shape index (κ2) is 8.31. The number of rotatable bonds is 5. The van der Waals surface area contributed by atoms with Crippen LogP contribution in [0.15, 0.2) is 70.1 Å². The Morgan fingerprint density at radius 2 is 1.74 bits per heavy atom. The molecule has 0 radical (unpaired) electrons. The molecule has 0 bridgehead atoms. The SMILES string of the molecule is COc1ccccc1Oc1coc2c3c(ccc2c1=O)OCN(Cc1ccc2c(c1)OCO2)C3. The zero-order valence-corrected chi connectivity index (χ0v) is 18.4. The fourth-order valence-corrected chi connectivity index (χ4v) is 4.23. The van der Waals surface area contributed by atoms with Crippen molar-refractivity contribution in [2.24, 2.45) is 0 Å². The summed E-state index contributed by atoms with van der Waals surface area (Å²) in [6.45, 7) is 1.88. The van der Waals surface area contributed by atoms with Crippen LogP contribution in [-0.4, -0.2) is 25.5 Å². The lowest BCUT2D eigenvalue weighted by atomic mass is 10.1. The van der Waals surface area contributed by atoms with Crippen LogP contribution in [0.5, 0.6) is 34.5 Å². The van der Waals surface area contributed by atoms with Crippen molar-refractivity contribution in [3.63, 3.8) is 0 Å². The average molecular weight is 459 g/mol. The Labute approximate surface area is 194 Å². The number of hydrogen-bond acceptors (Lipinski definition) is 8. The summed E-state index contributed by atoms with van der Waals surface area (Å²) >= 11 is 0. The number of benzene rings is 3. The Bertz CT molecular complexity index is 1450. The van der Waals surface area contributed by atoms with Gasteiger partial charge in [0.1, 0.15) is 24.3 Å². The van der Waals surface area contributed by atoms with Crippen LogP contribution in [-0.2, 0) is 13.1 Å². The van der Waals surface area contributed by atoms with E-state index in [1.807, 2.05) is 30.3 Å². The summed E-state index contributed by atoms with van der Waals surface area (Å²) in [4.78, 5) is 15.3. The first-order valence-electron chi connectivity index (χ1n) is 10.8. The Hall–Kier alpha value is -4.17. The van der Waals surface area contributed by atoms with Gasteiger partial charge in [-0.15, -0.1) is 0 Å². The molecule has 0 N–H and O–H groups in total. The molecular weight excluding hydrogens is 438 g/mol. The van der Waals surface area contributed by atoms with Crippen LogP contribution in [0.25, 0.3) is 11.0 Å². The maximum Gasteiger partial charge on any atom is 0.235 e. The molecule has 6 rings (SSSR count). The largest absolute Gasteiger partial charge is 0.493 e. The third-order valence-corrected chi connectivity index (χ3v) is 5.89. The molecule has 0 saturated heterocycles. The Morgan fingerprint density at radius 1 is 0.912 bits per heavy atom. The maximum atomic E-state index is 13.2. The van der Waals surface area contributed by atoms with Crippen LogP contribution in [0, 0.1) is 0 Å². The van der Waals surface area contributed by atoms with Gasteiger partial charge < -0.3 is 28.1 Å². The van der Waals surface area contributed by atoms with E-state index in [1.165, 1.54) is 6.26 Å². The summed E-state index contributed by atoms with van der Waals surface area (Å²) in [6.07, 6.45) is 1.34. The molecule has 172 valence electrons. The van der Waals surface area contributed by atoms with Gasteiger partial charge in [-0.1, -0.05) is 18.2 Å². The number of methoxy groups -OCH3 is 1. The number of para-hydroxylation sites is 2. The van der Waals surface area contributed by atoms with Crippen molar-refractivity contribution < 1.29 is 28.1 Å². The molecule has 0 unspecified atom stereocenters. The van der Waals surface area contributed by atoms with Crippen molar-refractivity contribution in [1.29, 1.82) is 0 Å². The highest BCUT2D eigenvalue weighted by Gasteiger charge is 2.24. The van der Waals surface area contributed by atoms with E-state index in [-0.39, 0.29) is 18.0 Å². The van der Waals surface area contributed by atoms with Gasteiger partial charge in [0.2, 0.25) is 18.0 Å². The molecule has 2 aliphatic heterocycles. The number of ether oxygens (including phenoxy) is 5. The second-order valence-corrected chi connectivity index (χ2v) is 8.05. The fraction of sp³-hybridized carbons (Fsp3) is 0.192. The highest BCUT2D eigenvalue weighted by atomic mass is 16.7. The van der Waals surface area contributed by atoms with E-state index < -0.39 is 0 Å². The number of nitrogens with zero attached hydrogens (tertiary/aromatic N) is 1. The van der Waals surface area contributed by atoms with E-state index >= 15 is 0 Å². The minimum atomic E-state index is -0.261. The summed E-state index contributed by atoms with van der Waals surface area (Å²) in [5.74, 6) is 3.26. The van der Waals surface area contributed by atoms with E-state index in [0.29, 0.717) is 48.0 Å². The molecule has 34 heavy (non-hydrogen) atoms. The van der Waals surface area contributed by atoms with Gasteiger partial charge >= 0.3 is 0 Å². The van der Waals surface area contributed by atoms with Gasteiger partial charge in [0.25, 0.3) is 0 Å². The predicted octanol–water partition coefficient (Wildman–Crippen LogP) is 4.67. The molecule has 8 heteroatoms. The maximum absolute atomic E-state index is 13.2. The molecule has 0 saturated carbocycles. The molecular formula is C26H21NO7. The van der Waals surface area contributed by atoms with Crippen molar-refractivity contribution in [2.75, 3.05) is 20.6 Å². The third kappa shape index (κ3) is 3.58. The second-order valence-electron chi connectivity index (χ2n) is 8.05. The quantitative estimate of drug-likeness (QED) is 0.426. The van der Waals surface area contributed by atoms with Gasteiger partial charge in [0.05, 0.1) is 18.1 Å². The summed E-state index contributed by atoms with van der Waals surface area (Å²) in [6, 6.07) is 16.5. The molecule has 0 amide bonds. The molecule has 0 spiro atoms. The van der Waals surface area contributed by atoms with Gasteiger partial charge in [-0.05, 0) is 42.0 Å². The van der Waals surface area contributed by atoms with Crippen LogP contribution >= 0.6 is 0 Å².